The summed E-state index contributed by atoms with van der Waals surface area (Å²) in [5.41, 5.74) is 4.34. The number of aromatic nitrogens is 3. The van der Waals surface area contributed by atoms with Gasteiger partial charge in [-0.1, -0.05) is 18.2 Å². The van der Waals surface area contributed by atoms with E-state index in [2.05, 4.69) is 21.0 Å². The largest absolute Gasteiger partial charge is 0.369 e. The molecule has 2 aromatic heterocycles. The summed E-state index contributed by atoms with van der Waals surface area (Å²) in [5.74, 6) is -0.211. The highest BCUT2D eigenvalue weighted by Gasteiger charge is 2.23. The van der Waals surface area contributed by atoms with Crippen molar-refractivity contribution >= 4 is 0 Å². The molecular weight excluding hydrogens is 343 g/mol. The molecule has 1 aliphatic rings. The lowest BCUT2D eigenvalue weighted by Crippen LogP contribution is -2.38. The molecule has 0 saturated carbocycles. The second kappa shape index (κ2) is 7.98. The van der Waals surface area contributed by atoms with Crippen LogP contribution in [0.2, 0.25) is 0 Å². The van der Waals surface area contributed by atoms with Gasteiger partial charge in [0.25, 0.3) is 0 Å². The van der Waals surface area contributed by atoms with Crippen molar-refractivity contribution in [1.29, 1.82) is 0 Å². The Hall–Kier alpha value is -2.57. The fourth-order valence-corrected chi connectivity index (χ4v) is 3.41. The number of hydrogen-bond acceptors (Lipinski definition) is 4. The topological polar surface area (TPSA) is 43.2 Å². The first-order chi connectivity index (χ1) is 13.2. The molecule has 3 heterocycles. The first-order valence-electron chi connectivity index (χ1n) is 9.16. The van der Waals surface area contributed by atoms with Crippen LogP contribution < -0.4 is 0 Å². The highest BCUT2D eigenvalue weighted by Crippen LogP contribution is 2.22. The maximum atomic E-state index is 13.0. The number of rotatable bonds is 5. The highest BCUT2D eigenvalue weighted by molar-refractivity contribution is 5.26. The van der Waals surface area contributed by atoms with Gasteiger partial charge in [0, 0.05) is 44.6 Å². The van der Waals surface area contributed by atoms with E-state index in [1.807, 2.05) is 48.5 Å². The zero-order valence-corrected chi connectivity index (χ0v) is 15.4. The zero-order valence-electron chi connectivity index (χ0n) is 15.4. The van der Waals surface area contributed by atoms with E-state index in [0.29, 0.717) is 6.61 Å². The van der Waals surface area contributed by atoms with Crippen molar-refractivity contribution < 1.29 is 9.13 Å². The predicted molar refractivity (Wildman–Crippen MR) is 101 cm³/mol. The summed E-state index contributed by atoms with van der Waals surface area (Å²) < 4.78 is 20.8. The van der Waals surface area contributed by atoms with E-state index < -0.39 is 0 Å². The second-order valence-corrected chi connectivity index (χ2v) is 7.01. The Labute approximate surface area is 158 Å². The minimum Gasteiger partial charge on any atom is -0.369 e. The fourth-order valence-electron chi connectivity index (χ4n) is 3.41. The molecule has 1 fully saturated rings. The quantitative estimate of drug-likeness (QED) is 0.696. The van der Waals surface area contributed by atoms with E-state index in [1.54, 1.807) is 0 Å². The molecule has 1 saturated heterocycles. The van der Waals surface area contributed by atoms with E-state index in [9.17, 15) is 4.39 Å². The molecule has 0 N–H and O–H groups in total. The molecule has 0 amide bonds. The third-order valence-electron chi connectivity index (χ3n) is 4.81. The van der Waals surface area contributed by atoms with Crippen molar-refractivity contribution in [2.75, 3.05) is 19.7 Å². The van der Waals surface area contributed by atoms with Gasteiger partial charge in [-0.15, -0.1) is 0 Å². The number of benzene rings is 1. The number of morpholine rings is 1. The number of aryl methyl sites for hydroxylation is 1. The molecule has 4 rings (SSSR count). The molecule has 0 spiro atoms. The Bertz CT molecular complexity index is 876. The van der Waals surface area contributed by atoms with Crippen molar-refractivity contribution in [3.63, 3.8) is 0 Å². The molecule has 0 radical (unpaired) electrons. The van der Waals surface area contributed by atoms with Crippen molar-refractivity contribution in [2.24, 2.45) is 7.05 Å². The number of nitrogens with zero attached hydrogens (tertiary/aromatic N) is 4. The Balaban J connectivity index is 1.38. The summed E-state index contributed by atoms with van der Waals surface area (Å²) in [7, 11) is 1.93. The lowest BCUT2D eigenvalue weighted by molar-refractivity contribution is -0.0350. The van der Waals surface area contributed by atoms with Crippen LogP contribution in [-0.4, -0.2) is 39.4 Å². The highest BCUT2D eigenvalue weighted by atomic mass is 19.1. The van der Waals surface area contributed by atoms with Crippen molar-refractivity contribution in [3.05, 3.63) is 83.2 Å². The van der Waals surface area contributed by atoms with Gasteiger partial charge >= 0.3 is 0 Å². The SMILES string of the molecule is Cn1cc(CN2CCOC(c3ccc(Cc4ccc(F)cc4)cn3)C2)cn1. The second-order valence-electron chi connectivity index (χ2n) is 7.01. The molecular formula is C21H23FN4O. The first kappa shape index (κ1) is 17.8. The summed E-state index contributed by atoms with van der Waals surface area (Å²) in [4.78, 5) is 6.99. The van der Waals surface area contributed by atoms with Gasteiger partial charge in [0.05, 0.1) is 18.5 Å². The van der Waals surface area contributed by atoms with Crippen LogP contribution in [0.25, 0.3) is 0 Å². The molecule has 27 heavy (non-hydrogen) atoms. The Morgan fingerprint density at radius 2 is 1.89 bits per heavy atom. The summed E-state index contributed by atoms with van der Waals surface area (Å²) in [5, 5.41) is 4.23. The van der Waals surface area contributed by atoms with Crippen LogP contribution in [0.15, 0.2) is 55.0 Å². The molecule has 6 heteroatoms. The Kier molecular flexibility index (Phi) is 5.27. The number of halogens is 1. The lowest BCUT2D eigenvalue weighted by Gasteiger charge is -2.32. The molecule has 140 valence electrons. The third kappa shape index (κ3) is 4.59. The van der Waals surface area contributed by atoms with Crippen molar-refractivity contribution in [3.8, 4) is 0 Å². The third-order valence-corrected chi connectivity index (χ3v) is 4.81. The van der Waals surface area contributed by atoms with Crippen LogP contribution in [0.3, 0.4) is 0 Å². The number of ether oxygens (including phenoxy) is 1. The summed E-state index contributed by atoms with van der Waals surface area (Å²) in [6.07, 6.45) is 6.57. The first-order valence-corrected chi connectivity index (χ1v) is 9.16. The molecule has 0 bridgehead atoms. The molecule has 1 aromatic carbocycles. The van der Waals surface area contributed by atoms with Gasteiger partial charge in [-0.3, -0.25) is 14.6 Å². The molecule has 3 aromatic rings. The van der Waals surface area contributed by atoms with E-state index in [0.717, 1.165) is 42.9 Å². The van der Waals surface area contributed by atoms with Gasteiger partial charge in [0.1, 0.15) is 11.9 Å². The van der Waals surface area contributed by atoms with E-state index >= 15 is 0 Å². The van der Waals surface area contributed by atoms with Gasteiger partial charge in [0.2, 0.25) is 0 Å². The van der Waals surface area contributed by atoms with Crippen LogP contribution in [-0.2, 0) is 24.8 Å². The zero-order chi connectivity index (χ0) is 18.6. The normalized spacial score (nSPS) is 17.9. The fraction of sp³-hybridized carbons (Fsp3) is 0.333. The maximum absolute atomic E-state index is 13.0. The van der Waals surface area contributed by atoms with Crippen LogP contribution in [0, 0.1) is 5.82 Å². The summed E-state index contributed by atoms with van der Waals surface area (Å²) in [6, 6.07) is 10.7. The van der Waals surface area contributed by atoms with Gasteiger partial charge in [-0.05, 0) is 35.7 Å². The van der Waals surface area contributed by atoms with E-state index in [1.165, 1.54) is 17.7 Å². The van der Waals surface area contributed by atoms with Crippen LogP contribution in [0.4, 0.5) is 4.39 Å². The average molecular weight is 366 g/mol. The van der Waals surface area contributed by atoms with Gasteiger partial charge < -0.3 is 4.74 Å². The molecule has 0 aliphatic carbocycles. The number of hydrogen-bond donors (Lipinski definition) is 0. The Morgan fingerprint density at radius 3 is 2.59 bits per heavy atom. The van der Waals surface area contributed by atoms with Gasteiger partial charge in [0.15, 0.2) is 0 Å². The van der Waals surface area contributed by atoms with E-state index in [-0.39, 0.29) is 11.9 Å². The van der Waals surface area contributed by atoms with Crippen LogP contribution in [0.1, 0.15) is 28.5 Å². The summed E-state index contributed by atoms with van der Waals surface area (Å²) in [6.45, 7) is 3.30. The lowest BCUT2D eigenvalue weighted by atomic mass is 10.1. The summed E-state index contributed by atoms with van der Waals surface area (Å²) >= 11 is 0. The smallest absolute Gasteiger partial charge is 0.123 e. The predicted octanol–water partition coefficient (Wildman–Crippen LogP) is 3.12. The minimum atomic E-state index is -0.211. The number of pyridine rings is 1. The standard InChI is InChI=1S/C21H23FN4O/c1-25-13-18(12-24-25)14-26-8-9-27-21(15-26)20-7-4-17(11-23-20)10-16-2-5-19(22)6-3-16/h2-7,11-13,21H,8-10,14-15H2,1H3. The van der Waals surface area contributed by atoms with Crippen molar-refractivity contribution in [2.45, 2.75) is 19.1 Å². The van der Waals surface area contributed by atoms with Crippen LogP contribution in [0.5, 0.6) is 0 Å². The average Bonchev–Trinajstić information content (AvgIpc) is 3.09. The van der Waals surface area contributed by atoms with Gasteiger partial charge in [-0.2, -0.15) is 5.10 Å². The van der Waals surface area contributed by atoms with Crippen molar-refractivity contribution in [1.82, 2.24) is 19.7 Å². The van der Waals surface area contributed by atoms with Crippen LogP contribution >= 0.6 is 0 Å². The molecule has 1 unspecified atom stereocenters. The van der Waals surface area contributed by atoms with Gasteiger partial charge in [-0.25, -0.2) is 4.39 Å². The molecule has 1 aliphatic heterocycles. The molecule has 5 nitrogen and oxygen atoms in total. The maximum Gasteiger partial charge on any atom is 0.123 e. The monoisotopic (exact) mass is 366 g/mol. The Morgan fingerprint density at radius 1 is 1.07 bits per heavy atom. The minimum absolute atomic E-state index is 0.0182. The molecule has 1 atom stereocenters. The van der Waals surface area contributed by atoms with E-state index in [4.69, 9.17) is 4.74 Å².